The molecule has 0 unspecified atom stereocenters. The molecule has 21 heavy (non-hydrogen) atoms. The molecule has 0 atom stereocenters. The summed E-state index contributed by atoms with van der Waals surface area (Å²) in [5, 5.41) is 2.77. The third-order valence-electron chi connectivity index (χ3n) is 3.61. The van der Waals surface area contributed by atoms with E-state index in [9.17, 15) is 9.59 Å². The van der Waals surface area contributed by atoms with Crippen molar-refractivity contribution in [3.8, 4) is 0 Å². The van der Waals surface area contributed by atoms with Crippen LogP contribution in [0.3, 0.4) is 0 Å². The number of amides is 2. The minimum atomic E-state index is -0.263. The van der Waals surface area contributed by atoms with Crippen molar-refractivity contribution in [2.45, 2.75) is 13.3 Å². The van der Waals surface area contributed by atoms with Crippen molar-refractivity contribution in [1.82, 2.24) is 9.80 Å². The van der Waals surface area contributed by atoms with Gasteiger partial charge >= 0.3 is 0 Å². The predicted molar refractivity (Wildman–Crippen MR) is 86.2 cm³/mol. The SMILES string of the molecule is Cc1cc(NC(=O)CC(=O)N2CCN(C)CC2)ccc1Br. The van der Waals surface area contributed by atoms with E-state index in [1.54, 1.807) is 4.90 Å². The lowest BCUT2D eigenvalue weighted by Gasteiger charge is -2.32. The van der Waals surface area contributed by atoms with Gasteiger partial charge in [0.1, 0.15) is 6.42 Å². The number of carbonyl (C=O) groups excluding carboxylic acids is 2. The molecule has 5 nitrogen and oxygen atoms in total. The van der Waals surface area contributed by atoms with E-state index < -0.39 is 0 Å². The smallest absolute Gasteiger partial charge is 0.233 e. The third kappa shape index (κ3) is 4.54. The van der Waals surface area contributed by atoms with Crippen molar-refractivity contribution in [1.29, 1.82) is 0 Å². The Balaban J connectivity index is 1.86. The molecule has 0 saturated carbocycles. The molecule has 1 fully saturated rings. The summed E-state index contributed by atoms with van der Waals surface area (Å²) in [6.45, 7) is 5.06. The van der Waals surface area contributed by atoms with E-state index in [2.05, 4.69) is 26.1 Å². The minimum Gasteiger partial charge on any atom is -0.340 e. The van der Waals surface area contributed by atoms with Crippen LogP contribution in [-0.2, 0) is 9.59 Å². The largest absolute Gasteiger partial charge is 0.340 e. The molecule has 0 aliphatic carbocycles. The summed E-state index contributed by atoms with van der Waals surface area (Å²) in [5.41, 5.74) is 1.75. The van der Waals surface area contributed by atoms with Crippen LogP contribution < -0.4 is 5.32 Å². The third-order valence-corrected chi connectivity index (χ3v) is 4.50. The Morgan fingerprint density at radius 2 is 1.90 bits per heavy atom. The molecule has 1 aliphatic rings. The van der Waals surface area contributed by atoms with Crippen molar-refractivity contribution in [3.63, 3.8) is 0 Å². The molecule has 1 aliphatic heterocycles. The monoisotopic (exact) mass is 353 g/mol. The van der Waals surface area contributed by atoms with Gasteiger partial charge in [-0.2, -0.15) is 0 Å². The Kier molecular flexibility index (Phi) is 5.36. The van der Waals surface area contributed by atoms with E-state index in [1.807, 2.05) is 32.2 Å². The fraction of sp³-hybridized carbons (Fsp3) is 0.467. The molecule has 1 aromatic carbocycles. The summed E-state index contributed by atoms with van der Waals surface area (Å²) in [7, 11) is 2.03. The van der Waals surface area contributed by atoms with Crippen LogP contribution in [0.2, 0.25) is 0 Å². The molecule has 2 rings (SSSR count). The number of benzene rings is 1. The second-order valence-corrected chi connectivity index (χ2v) is 6.23. The zero-order valence-corrected chi connectivity index (χ0v) is 13.9. The Hall–Kier alpha value is -1.40. The summed E-state index contributed by atoms with van der Waals surface area (Å²) >= 11 is 3.42. The fourth-order valence-electron chi connectivity index (χ4n) is 2.23. The van der Waals surface area contributed by atoms with Gasteiger partial charge in [0, 0.05) is 36.3 Å². The number of piperazine rings is 1. The van der Waals surface area contributed by atoms with Crippen molar-refractivity contribution >= 4 is 33.4 Å². The zero-order chi connectivity index (χ0) is 15.4. The lowest BCUT2D eigenvalue weighted by atomic mass is 10.2. The first kappa shape index (κ1) is 16.0. The number of likely N-dealkylation sites (N-methyl/N-ethyl adjacent to an activating group) is 1. The molecule has 1 N–H and O–H groups in total. The first-order valence-electron chi connectivity index (χ1n) is 6.98. The van der Waals surface area contributed by atoms with Crippen molar-refractivity contribution in [2.75, 3.05) is 38.5 Å². The van der Waals surface area contributed by atoms with Crippen LogP contribution in [0.4, 0.5) is 5.69 Å². The van der Waals surface area contributed by atoms with Gasteiger partial charge in [-0.25, -0.2) is 0 Å². The van der Waals surface area contributed by atoms with Crippen molar-refractivity contribution in [2.24, 2.45) is 0 Å². The number of hydrogen-bond acceptors (Lipinski definition) is 3. The molecule has 6 heteroatoms. The van der Waals surface area contributed by atoms with Gasteiger partial charge in [0.05, 0.1) is 0 Å². The van der Waals surface area contributed by atoms with E-state index in [4.69, 9.17) is 0 Å². The first-order valence-corrected chi connectivity index (χ1v) is 7.77. The summed E-state index contributed by atoms with van der Waals surface area (Å²) < 4.78 is 0.994. The standard InChI is InChI=1S/C15H20BrN3O2/c1-11-9-12(3-4-13(11)16)17-14(20)10-15(21)19-7-5-18(2)6-8-19/h3-4,9H,5-8,10H2,1-2H3,(H,17,20). The molecule has 0 bridgehead atoms. The van der Waals surface area contributed by atoms with Crippen LogP contribution in [0, 0.1) is 6.92 Å². The zero-order valence-electron chi connectivity index (χ0n) is 12.4. The second kappa shape index (κ2) is 7.04. The van der Waals surface area contributed by atoms with Gasteiger partial charge in [-0.1, -0.05) is 15.9 Å². The number of rotatable bonds is 3. The Bertz CT molecular complexity index is 540. The van der Waals surface area contributed by atoms with Crippen LogP contribution in [0.15, 0.2) is 22.7 Å². The maximum Gasteiger partial charge on any atom is 0.233 e. The lowest BCUT2D eigenvalue weighted by Crippen LogP contribution is -2.47. The van der Waals surface area contributed by atoms with E-state index in [0.29, 0.717) is 18.8 Å². The highest BCUT2D eigenvalue weighted by Crippen LogP contribution is 2.20. The molecule has 1 saturated heterocycles. The van der Waals surface area contributed by atoms with Crippen LogP contribution in [0.5, 0.6) is 0 Å². The average Bonchev–Trinajstić information content (AvgIpc) is 2.43. The summed E-state index contributed by atoms with van der Waals surface area (Å²) in [4.78, 5) is 27.9. The van der Waals surface area contributed by atoms with E-state index in [-0.39, 0.29) is 18.2 Å². The number of anilines is 1. The number of aryl methyl sites for hydroxylation is 1. The molecule has 2 amide bonds. The number of nitrogens with zero attached hydrogens (tertiary/aromatic N) is 2. The van der Waals surface area contributed by atoms with Crippen molar-refractivity contribution < 1.29 is 9.59 Å². The second-order valence-electron chi connectivity index (χ2n) is 5.37. The van der Waals surface area contributed by atoms with Gasteiger partial charge in [-0.15, -0.1) is 0 Å². The Morgan fingerprint density at radius 3 is 2.52 bits per heavy atom. The van der Waals surface area contributed by atoms with Gasteiger partial charge in [-0.05, 0) is 37.7 Å². The lowest BCUT2D eigenvalue weighted by molar-refractivity contribution is -0.135. The Morgan fingerprint density at radius 1 is 1.24 bits per heavy atom. The van der Waals surface area contributed by atoms with E-state index >= 15 is 0 Å². The molecule has 1 heterocycles. The Labute approximate surface area is 133 Å². The molecule has 0 radical (unpaired) electrons. The van der Waals surface area contributed by atoms with Gasteiger partial charge < -0.3 is 15.1 Å². The fourth-order valence-corrected chi connectivity index (χ4v) is 2.48. The van der Waals surface area contributed by atoms with Crippen LogP contribution in [-0.4, -0.2) is 54.8 Å². The maximum atomic E-state index is 12.1. The molecular formula is C15H20BrN3O2. The first-order chi connectivity index (χ1) is 9.95. The normalized spacial score (nSPS) is 15.9. The van der Waals surface area contributed by atoms with E-state index in [0.717, 1.165) is 23.1 Å². The van der Waals surface area contributed by atoms with E-state index in [1.165, 1.54) is 0 Å². The molecule has 1 aromatic rings. The topological polar surface area (TPSA) is 52.7 Å². The summed E-state index contributed by atoms with van der Waals surface area (Å²) in [5.74, 6) is -0.366. The number of hydrogen-bond donors (Lipinski definition) is 1. The van der Waals surface area contributed by atoms with Crippen LogP contribution in [0.1, 0.15) is 12.0 Å². The maximum absolute atomic E-state index is 12.1. The van der Waals surface area contributed by atoms with Crippen LogP contribution >= 0.6 is 15.9 Å². The predicted octanol–water partition coefficient (Wildman–Crippen LogP) is 1.86. The van der Waals surface area contributed by atoms with Gasteiger partial charge in [0.15, 0.2) is 0 Å². The minimum absolute atomic E-state index is 0.0984. The van der Waals surface area contributed by atoms with Crippen molar-refractivity contribution in [3.05, 3.63) is 28.2 Å². The van der Waals surface area contributed by atoms with Gasteiger partial charge in [0.2, 0.25) is 11.8 Å². The summed E-state index contributed by atoms with van der Waals surface area (Å²) in [6, 6.07) is 5.57. The number of carbonyl (C=O) groups is 2. The highest BCUT2D eigenvalue weighted by atomic mass is 79.9. The van der Waals surface area contributed by atoms with Gasteiger partial charge in [-0.3, -0.25) is 9.59 Å². The summed E-state index contributed by atoms with van der Waals surface area (Å²) in [6.07, 6.45) is -0.0984. The highest BCUT2D eigenvalue weighted by Gasteiger charge is 2.21. The van der Waals surface area contributed by atoms with Crippen LogP contribution in [0.25, 0.3) is 0 Å². The molecular weight excluding hydrogens is 334 g/mol. The van der Waals surface area contributed by atoms with Gasteiger partial charge in [0.25, 0.3) is 0 Å². The molecule has 114 valence electrons. The highest BCUT2D eigenvalue weighted by molar-refractivity contribution is 9.10. The molecule has 0 spiro atoms. The quantitative estimate of drug-likeness (QED) is 0.843. The molecule has 0 aromatic heterocycles. The number of nitrogens with one attached hydrogen (secondary N) is 1. The average molecular weight is 354 g/mol. The number of halogens is 1.